The topological polar surface area (TPSA) is 72.2 Å². The highest BCUT2D eigenvalue weighted by molar-refractivity contribution is 9.10. The van der Waals surface area contributed by atoms with E-state index in [1.807, 2.05) is 24.3 Å². The maximum atomic E-state index is 11.4. The van der Waals surface area contributed by atoms with E-state index in [-0.39, 0.29) is 17.3 Å². The molecule has 0 aromatic heterocycles. The van der Waals surface area contributed by atoms with E-state index in [0.29, 0.717) is 0 Å². The zero-order chi connectivity index (χ0) is 12.2. The predicted octanol–water partition coefficient (Wildman–Crippen LogP) is 1.15. The number of rotatable bonds is 5. The zero-order valence-corrected chi connectivity index (χ0v) is 11.5. The van der Waals surface area contributed by atoms with Gasteiger partial charge in [0.1, 0.15) is 5.75 Å². The first kappa shape index (κ1) is 13.6. The fourth-order valence-electron chi connectivity index (χ4n) is 1.07. The van der Waals surface area contributed by atoms with Crippen molar-refractivity contribution in [2.45, 2.75) is 6.54 Å². The first-order chi connectivity index (χ1) is 7.41. The van der Waals surface area contributed by atoms with Gasteiger partial charge in [-0.05, 0) is 11.6 Å². The van der Waals surface area contributed by atoms with E-state index in [1.54, 1.807) is 0 Å². The molecule has 0 aliphatic carbocycles. The number of sulfonamides is 1. The number of halogens is 1. The number of thiocarbonyl (C=S) groups is 1. The zero-order valence-electron chi connectivity index (χ0n) is 8.31. The first-order valence-electron chi connectivity index (χ1n) is 4.40. The second kappa shape index (κ2) is 5.72. The third kappa shape index (κ3) is 4.56. The average molecular weight is 323 g/mol. The third-order valence-electron chi connectivity index (χ3n) is 1.77. The predicted molar refractivity (Wildman–Crippen MR) is 71.6 cm³/mol. The van der Waals surface area contributed by atoms with Gasteiger partial charge < -0.3 is 5.73 Å². The molecule has 0 saturated carbocycles. The van der Waals surface area contributed by atoms with Crippen molar-refractivity contribution < 1.29 is 8.42 Å². The Balaban J connectivity index is 2.65. The van der Waals surface area contributed by atoms with Crippen LogP contribution in [0.1, 0.15) is 5.56 Å². The SMILES string of the molecule is NC(=S)CS(=O)(=O)NCc1ccccc1Br. The Morgan fingerprint density at radius 1 is 1.44 bits per heavy atom. The molecule has 0 amide bonds. The third-order valence-corrected chi connectivity index (χ3v) is 4.15. The van der Waals surface area contributed by atoms with Crippen LogP contribution in [0.4, 0.5) is 0 Å². The number of nitrogens with two attached hydrogens (primary N) is 1. The van der Waals surface area contributed by atoms with Crippen LogP contribution in [0.15, 0.2) is 28.7 Å². The van der Waals surface area contributed by atoms with Crippen LogP contribution in [0.3, 0.4) is 0 Å². The van der Waals surface area contributed by atoms with Crippen LogP contribution in [0.25, 0.3) is 0 Å². The molecular formula is C9H11BrN2O2S2. The lowest BCUT2D eigenvalue weighted by Crippen LogP contribution is -2.32. The highest BCUT2D eigenvalue weighted by atomic mass is 79.9. The molecule has 3 N–H and O–H groups in total. The summed E-state index contributed by atoms with van der Waals surface area (Å²) in [7, 11) is -3.43. The van der Waals surface area contributed by atoms with Crippen LogP contribution in [0, 0.1) is 0 Å². The van der Waals surface area contributed by atoms with Gasteiger partial charge in [0.25, 0.3) is 0 Å². The summed E-state index contributed by atoms with van der Waals surface area (Å²) in [5.74, 6) is -0.327. The van der Waals surface area contributed by atoms with Gasteiger partial charge in [-0.3, -0.25) is 0 Å². The summed E-state index contributed by atoms with van der Waals surface area (Å²) in [6, 6.07) is 7.36. The summed E-state index contributed by atoms with van der Waals surface area (Å²) in [5.41, 5.74) is 6.04. The minimum Gasteiger partial charge on any atom is -0.392 e. The van der Waals surface area contributed by atoms with E-state index in [2.05, 4.69) is 32.9 Å². The Morgan fingerprint density at radius 3 is 2.62 bits per heavy atom. The van der Waals surface area contributed by atoms with Crippen molar-refractivity contribution in [3.63, 3.8) is 0 Å². The molecule has 0 heterocycles. The smallest absolute Gasteiger partial charge is 0.218 e. The summed E-state index contributed by atoms with van der Waals surface area (Å²) in [5, 5.41) is 0. The lowest BCUT2D eigenvalue weighted by atomic mass is 10.2. The second-order valence-corrected chi connectivity index (χ2v) is 6.32. The van der Waals surface area contributed by atoms with Crippen molar-refractivity contribution in [3.8, 4) is 0 Å². The Labute approximate surface area is 108 Å². The summed E-state index contributed by atoms with van der Waals surface area (Å²) in [6.45, 7) is 0.215. The molecule has 1 rings (SSSR count). The molecule has 0 aliphatic rings. The van der Waals surface area contributed by atoms with Crippen molar-refractivity contribution in [2.24, 2.45) is 5.73 Å². The molecule has 4 nitrogen and oxygen atoms in total. The normalized spacial score (nSPS) is 11.3. The number of hydrogen-bond acceptors (Lipinski definition) is 3. The number of nitrogens with one attached hydrogen (secondary N) is 1. The van der Waals surface area contributed by atoms with Gasteiger partial charge in [0.2, 0.25) is 10.0 Å². The monoisotopic (exact) mass is 322 g/mol. The quantitative estimate of drug-likeness (QED) is 0.798. The molecule has 1 aromatic carbocycles. The van der Waals surface area contributed by atoms with Crippen molar-refractivity contribution in [1.29, 1.82) is 0 Å². The van der Waals surface area contributed by atoms with Crippen molar-refractivity contribution in [2.75, 3.05) is 5.75 Å². The number of hydrogen-bond donors (Lipinski definition) is 2. The van der Waals surface area contributed by atoms with Gasteiger partial charge in [-0.2, -0.15) is 0 Å². The summed E-state index contributed by atoms with van der Waals surface area (Å²) >= 11 is 7.88. The van der Waals surface area contributed by atoms with Crippen LogP contribution < -0.4 is 10.5 Å². The second-order valence-electron chi connectivity index (χ2n) is 3.14. The van der Waals surface area contributed by atoms with Crippen molar-refractivity contribution in [3.05, 3.63) is 34.3 Å². The maximum Gasteiger partial charge on any atom is 0.218 e. The molecule has 0 aliphatic heterocycles. The molecule has 0 unspecified atom stereocenters. The molecule has 0 fully saturated rings. The van der Waals surface area contributed by atoms with E-state index in [1.165, 1.54) is 0 Å². The first-order valence-corrected chi connectivity index (χ1v) is 7.25. The molecule has 7 heteroatoms. The highest BCUT2D eigenvalue weighted by Crippen LogP contribution is 2.15. The Bertz CT molecular complexity index is 488. The van der Waals surface area contributed by atoms with Gasteiger partial charge in [0, 0.05) is 11.0 Å². The van der Waals surface area contributed by atoms with Crippen LogP contribution in [-0.2, 0) is 16.6 Å². The van der Waals surface area contributed by atoms with Crippen LogP contribution >= 0.6 is 28.1 Å². The molecule has 16 heavy (non-hydrogen) atoms. The lowest BCUT2D eigenvalue weighted by molar-refractivity contribution is 0.585. The van der Waals surface area contributed by atoms with E-state index in [0.717, 1.165) is 10.0 Å². The fourth-order valence-corrected chi connectivity index (χ4v) is 2.81. The summed E-state index contributed by atoms with van der Waals surface area (Å²) < 4.78 is 26.1. The van der Waals surface area contributed by atoms with Crippen molar-refractivity contribution >= 4 is 43.2 Å². The minimum absolute atomic E-state index is 0.0420. The Morgan fingerprint density at radius 2 is 2.06 bits per heavy atom. The van der Waals surface area contributed by atoms with Gasteiger partial charge in [0.15, 0.2) is 0 Å². The highest BCUT2D eigenvalue weighted by Gasteiger charge is 2.11. The molecule has 0 atom stereocenters. The van der Waals surface area contributed by atoms with Gasteiger partial charge in [0.05, 0.1) is 4.99 Å². The van der Waals surface area contributed by atoms with Crippen LogP contribution in [0.2, 0.25) is 0 Å². The fraction of sp³-hybridized carbons (Fsp3) is 0.222. The molecule has 0 saturated heterocycles. The lowest BCUT2D eigenvalue weighted by Gasteiger charge is -2.07. The molecule has 0 bridgehead atoms. The molecule has 1 aromatic rings. The number of benzene rings is 1. The standard InChI is InChI=1S/C9H11BrN2O2S2/c10-8-4-2-1-3-7(8)5-12-16(13,14)6-9(11)15/h1-4,12H,5-6H2,(H2,11,15). The largest absolute Gasteiger partial charge is 0.392 e. The molecule has 88 valence electrons. The maximum absolute atomic E-state index is 11.4. The molecule has 0 radical (unpaired) electrons. The average Bonchev–Trinajstić information content (AvgIpc) is 2.14. The van der Waals surface area contributed by atoms with Crippen molar-refractivity contribution in [1.82, 2.24) is 4.72 Å². The van der Waals surface area contributed by atoms with Crippen LogP contribution in [0.5, 0.6) is 0 Å². The summed E-state index contributed by atoms with van der Waals surface area (Å²) in [6.07, 6.45) is 0. The van der Waals surface area contributed by atoms with Gasteiger partial charge >= 0.3 is 0 Å². The van der Waals surface area contributed by atoms with Gasteiger partial charge in [-0.25, -0.2) is 13.1 Å². The molecule has 0 spiro atoms. The minimum atomic E-state index is -3.43. The van der Waals surface area contributed by atoms with Gasteiger partial charge in [-0.15, -0.1) is 0 Å². The molecular weight excluding hydrogens is 312 g/mol. The summed E-state index contributed by atoms with van der Waals surface area (Å²) in [4.78, 5) is -0.0420. The van der Waals surface area contributed by atoms with E-state index >= 15 is 0 Å². The van der Waals surface area contributed by atoms with Gasteiger partial charge in [-0.1, -0.05) is 46.3 Å². The van der Waals surface area contributed by atoms with E-state index in [4.69, 9.17) is 5.73 Å². The van der Waals surface area contributed by atoms with E-state index in [9.17, 15) is 8.42 Å². The Kier molecular flexibility index (Phi) is 4.85. The van der Waals surface area contributed by atoms with E-state index < -0.39 is 10.0 Å². The van der Waals surface area contributed by atoms with Crippen LogP contribution in [-0.4, -0.2) is 19.2 Å². The Hall–Kier alpha value is -0.500.